The molecule has 0 atom stereocenters. The van der Waals surface area contributed by atoms with E-state index in [2.05, 4.69) is 20.4 Å². The summed E-state index contributed by atoms with van der Waals surface area (Å²) in [7, 11) is -3.36. The Bertz CT molecular complexity index is 1310. The molecule has 0 radical (unpaired) electrons. The van der Waals surface area contributed by atoms with Gasteiger partial charge >= 0.3 is 0 Å². The van der Waals surface area contributed by atoms with E-state index in [9.17, 15) is 18.0 Å². The molecular formula is C22H27N5O4S. The van der Waals surface area contributed by atoms with E-state index in [0.29, 0.717) is 34.8 Å². The van der Waals surface area contributed by atoms with Gasteiger partial charge in [0.15, 0.2) is 9.84 Å². The number of anilines is 1. The van der Waals surface area contributed by atoms with E-state index in [-0.39, 0.29) is 28.7 Å². The van der Waals surface area contributed by atoms with Gasteiger partial charge in [0.2, 0.25) is 11.9 Å². The highest BCUT2D eigenvalue weighted by atomic mass is 32.2. The van der Waals surface area contributed by atoms with E-state index in [4.69, 9.17) is 0 Å². The van der Waals surface area contributed by atoms with E-state index in [1.54, 1.807) is 45.9 Å². The Morgan fingerprint density at radius 2 is 1.84 bits per heavy atom. The van der Waals surface area contributed by atoms with Crippen molar-refractivity contribution in [1.29, 1.82) is 0 Å². The minimum absolute atomic E-state index is 0.0456. The van der Waals surface area contributed by atoms with Crippen molar-refractivity contribution in [3.8, 4) is 5.95 Å². The molecule has 3 aromatic rings. The molecule has 0 unspecified atom stereocenters. The number of hydrogen-bond donors (Lipinski definition) is 2. The minimum atomic E-state index is -3.36. The zero-order valence-corrected chi connectivity index (χ0v) is 19.6. The fourth-order valence-electron chi connectivity index (χ4n) is 3.30. The average molecular weight is 458 g/mol. The predicted molar refractivity (Wildman–Crippen MR) is 122 cm³/mol. The highest BCUT2D eigenvalue weighted by Crippen LogP contribution is 2.18. The first-order valence-corrected chi connectivity index (χ1v) is 11.9. The van der Waals surface area contributed by atoms with Gasteiger partial charge in [-0.05, 0) is 51.8 Å². The van der Waals surface area contributed by atoms with Crippen molar-refractivity contribution in [2.75, 3.05) is 5.32 Å². The molecule has 2 aromatic heterocycles. The lowest BCUT2D eigenvalue weighted by atomic mass is 10.1. The van der Waals surface area contributed by atoms with Crippen molar-refractivity contribution in [2.45, 2.75) is 57.6 Å². The smallest absolute Gasteiger partial charge is 0.255 e. The molecule has 0 fully saturated rings. The van der Waals surface area contributed by atoms with Crippen LogP contribution in [-0.4, -0.2) is 39.3 Å². The number of aromatic nitrogens is 4. The van der Waals surface area contributed by atoms with Gasteiger partial charge in [0.25, 0.3) is 5.56 Å². The van der Waals surface area contributed by atoms with Crippen LogP contribution in [0.1, 0.15) is 43.3 Å². The molecule has 0 saturated carbocycles. The van der Waals surface area contributed by atoms with Crippen LogP contribution < -0.4 is 10.9 Å². The van der Waals surface area contributed by atoms with Crippen LogP contribution >= 0.6 is 0 Å². The van der Waals surface area contributed by atoms with E-state index < -0.39 is 15.1 Å². The third-order valence-corrected chi connectivity index (χ3v) is 7.27. The standard InChI is InChI=1S/C22H27N5O4S/c1-6-18-15(5)23-22(25-21(18)29)27-19(11-14(4)26-27)24-20(28)12-16-7-9-17(10-8-16)32(30,31)13(2)3/h7-11,13H,6,12H2,1-5H3,(H,24,28)(H,23,25,29). The third kappa shape index (κ3) is 4.80. The lowest BCUT2D eigenvalue weighted by Gasteiger charge is -2.11. The van der Waals surface area contributed by atoms with Gasteiger partial charge in [0.05, 0.1) is 22.3 Å². The summed E-state index contributed by atoms with van der Waals surface area (Å²) >= 11 is 0. The summed E-state index contributed by atoms with van der Waals surface area (Å²) in [4.78, 5) is 32.3. The SMILES string of the molecule is CCc1c(C)nc(-n2nc(C)cc2NC(=O)Cc2ccc(S(=O)(=O)C(C)C)cc2)[nH]c1=O. The van der Waals surface area contributed by atoms with Crippen LogP contribution in [0.25, 0.3) is 5.95 Å². The van der Waals surface area contributed by atoms with Gasteiger partial charge in [-0.25, -0.2) is 13.4 Å². The molecule has 10 heteroatoms. The predicted octanol–water partition coefficient (Wildman–Crippen LogP) is 2.50. The van der Waals surface area contributed by atoms with Gasteiger partial charge in [-0.2, -0.15) is 9.78 Å². The monoisotopic (exact) mass is 457 g/mol. The molecule has 0 saturated heterocycles. The second-order valence-corrected chi connectivity index (χ2v) is 10.4. The number of amides is 1. The Morgan fingerprint density at radius 3 is 2.41 bits per heavy atom. The van der Waals surface area contributed by atoms with Crippen molar-refractivity contribution in [1.82, 2.24) is 19.7 Å². The van der Waals surface area contributed by atoms with Crippen LogP contribution in [0.4, 0.5) is 5.82 Å². The van der Waals surface area contributed by atoms with E-state index >= 15 is 0 Å². The molecule has 32 heavy (non-hydrogen) atoms. The lowest BCUT2D eigenvalue weighted by molar-refractivity contribution is -0.115. The van der Waals surface area contributed by atoms with Crippen LogP contribution in [0.3, 0.4) is 0 Å². The third-order valence-electron chi connectivity index (χ3n) is 5.10. The molecule has 3 rings (SSSR count). The summed E-state index contributed by atoms with van der Waals surface area (Å²) < 4.78 is 25.9. The molecule has 9 nitrogen and oxygen atoms in total. The first-order valence-electron chi connectivity index (χ1n) is 10.3. The fraction of sp³-hybridized carbons (Fsp3) is 0.364. The fourth-order valence-corrected chi connectivity index (χ4v) is 4.36. The van der Waals surface area contributed by atoms with Gasteiger partial charge in [-0.3, -0.25) is 14.6 Å². The van der Waals surface area contributed by atoms with E-state index in [1.165, 1.54) is 16.8 Å². The maximum absolute atomic E-state index is 12.6. The molecule has 0 aliphatic carbocycles. The number of rotatable bonds is 7. The highest BCUT2D eigenvalue weighted by molar-refractivity contribution is 7.92. The quantitative estimate of drug-likeness (QED) is 0.561. The number of H-pyrrole nitrogens is 1. The van der Waals surface area contributed by atoms with Gasteiger partial charge in [0.1, 0.15) is 5.82 Å². The second kappa shape index (κ2) is 9.07. The maximum atomic E-state index is 12.6. The number of benzene rings is 1. The van der Waals surface area contributed by atoms with Crippen molar-refractivity contribution >= 4 is 21.6 Å². The normalized spacial score (nSPS) is 11.7. The number of aryl methyl sites for hydroxylation is 2. The number of aromatic amines is 1. The Balaban J connectivity index is 1.81. The number of carbonyl (C=O) groups excluding carboxylic acids is 1. The van der Waals surface area contributed by atoms with Gasteiger partial charge in [-0.15, -0.1) is 0 Å². The van der Waals surface area contributed by atoms with E-state index in [0.717, 1.165) is 0 Å². The van der Waals surface area contributed by atoms with Crippen molar-refractivity contribution in [3.63, 3.8) is 0 Å². The van der Waals surface area contributed by atoms with Crippen molar-refractivity contribution < 1.29 is 13.2 Å². The summed E-state index contributed by atoms with van der Waals surface area (Å²) in [5.74, 6) is 0.282. The molecule has 0 aliphatic heterocycles. The van der Waals surface area contributed by atoms with Gasteiger partial charge in [-0.1, -0.05) is 19.1 Å². The second-order valence-electron chi connectivity index (χ2n) is 7.85. The van der Waals surface area contributed by atoms with E-state index in [1.807, 2.05) is 6.92 Å². The lowest BCUT2D eigenvalue weighted by Crippen LogP contribution is -2.22. The summed E-state index contributed by atoms with van der Waals surface area (Å²) in [5.41, 5.74) is 2.28. The first kappa shape index (κ1) is 23.4. The molecule has 170 valence electrons. The number of carbonyl (C=O) groups is 1. The summed E-state index contributed by atoms with van der Waals surface area (Å²) in [5, 5.41) is 6.61. The first-order chi connectivity index (χ1) is 15.0. The topological polar surface area (TPSA) is 127 Å². The largest absolute Gasteiger partial charge is 0.310 e. The summed E-state index contributed by atoms with van der Waals surface area (Å²) in [6.45, 7) is 8.66. The van der Waals surface area contributed by atoms with Crippen LogP contribution in [0.15, 0.2) is 40.0 Å². The summed E-state index contributed by atoms with van der Waals surface area (Å²) in [6.07, 6.45) is 0.609. The zero-order valence-electron chi connectivity index (χ0n) is 18.8. The molecule has 0 aliphatic rings. The Labute approximate surface area is 186 Å². The molecule has 0 spiro atoms. The zero-order chi connectivity index (χ0) is 23.6. The highest BCUT2D eigenvalue weighted by Gasteiger charge is 2.19. The molecule has 1 aromatic carbocycles. The molecule has 2 heterocycles. The number of sulfone groups is 1. The number of hydrogen-bond acceptors (Lipinski definition) is 6. The molecule has 0 bridgehead atoms. The van der Waals surface area contributed by atoms with Gasteiger partial charge < -0.3 is 5.32 Å². The van der Waals surface area contributed by atoms with Crippen molar-refractivity contribution in [2.24, 2.45) is 0 Å². The van der Waals surface area contributed by atoms with Crippen LogP contribution in [0.2, 0.25) is 0 Å². The Morgan fingerprint density at radius 1 is 1.19 bits per heavy atom. The number of nitrogens with one attached hydrogen (secondary N) is 2. The Kier molecular flexibility index (Phi) is 6.63. The molecule has 2 N–H and O–H groups in total. The Hall–Kier alpha value is -3.27. The van der Waals surface area contributed by atoms with Gasteiger partial charge in [0, 0.05) is 17.3 Å². The molecular weight excluding hydrogens is 430 g/mol. The maximum Gasteiger partial charge on any atom is 0.255 e. The van der Waals surface area contributed by atoms with Crippen molar-refractivity contribution in [3.05, 3.63) is 63.2 Å². The van der Waals surface area contributed by atoms with Crippen LogP contribution in [0, 0.1) is 13.8 Å². The van der Waals surface area contributed by atoms with Crippen LogP contribution in [-0.2, 0) is 27.5 Å². The summed E-state index contributed by atoms with van der Waals surface area (Å²) in [6, 6.07) is 7.96. The molecule has 1 amide bonds. The van der Waals surface area contributed by atoms with Crippen LogP contribution in [0.5, 0.6) is 0 Å². The minimum Gasteiger partial charge on any atom is -0.310 e. The number of nitrogens with zero attached hydrogens (tertiary/aromatic N) is 3. The average Bonchev–Trinajstić information content (AvgIpc) is 3.07.